The molecule has 10 heteroatoms. The van der Waals surface area contributed by atoms with E-state index in [1.165, 1.54) is 0 Å². The molecule has 1 heterocycles. The summed E-state index contributed by atoms with van der Waals surface area (Å²) >= 11 is 0. The molecule has 140 valence electrons. The van der Waals surface area contributed by atoms with Crippen molar-refractivity contribution in [2.24, 2.45) is 5.92 Å². The normalized spacial score (nSPS) is 21.8. The third-order valence-electron chi connectivity index (χ3n) is 4.15. The Bertz CT molecular complexity index is 750. The number of carbonyl (C=O) groups is 1. The van der Waals surface area contributed by atoms with E-state index in [1.807, 2.05) is 6.92 Å². The van der Waals surface area contributed by atoms with Crippen molar-refractivity contribution in [3.63, 3.8) is 0 Å². The lowest BCUT2D eigenvalue weighted by Gasteiger charge is -2.30. The second-order valence-electron chi connectivity index (χ2n) is 5.89. The third-order valence-corrected chi connectivity index (χ3v) is 5.63. The minimum absolute atomic E-state index is 0.0486. The number of carbonyl (C=O) groups excluding carboxylic acids is 1. The number of halogens is 3. The van der Waals surface area contributed by atoms with Gasteiger partial charge in [0.15, 0.2) is 0 Å². The van der Waals surface area contributed by atoms with E-state index in [0.717, 1.165) is 32.2 Å². The Morgan fingerprint density at radius 2 is 2.04 bits per heavy atom. The lowest BCUT2D eigenvalue weighted by Crippen LogP contribution is -2.50. The number of piperidine rings is 1. The summed E-state index contributed by atoms with van der Waals surface area (Å²) in [4.78, 5) is 11.0. The van der Waals surface area contributed by atoms with Crippen LogP contribution in [0.2, 0.25) is 0 Å². The highest BCUT2D eigenvalue weighted by atomic mass is 32.2. The van der Waals surface area contributed by atoms with Crippen molar-refractivity contribution in [3.8, 4) is 0 Å². The van der Waals surface area contributed by atoms with E-state index in [0.29, 0.717) is 12.6 Å². The van der Waals surface area contributed by atoms with Crippen LogP contribution in [0.5, 0.6) is 0 Å². The maximum absolute atomic E-state index is 13.2. The molecule has 2 atom stereocenters. The topological polar surface area (TPSA) is 84.5 Å². The summed E-state index contributed by atoms with van der Waals surface area (Å²) in [5.74, 6) is -1.14. The van der Waals surface area contributed by atoms with E-state index in [2.05, 4.69) is 14.8 Å². The molecule has 0 bridgehead atoms. The Morgan fingerprint density at radius 3 is 2.60 bits per heavy atom. The van der Waals surface area contributed by atoms with Gasteiger partial charge < -0.3 is 10.1 Å². The first kappa shape index (κ1) is 19.7. The summed E-state index contributed by atoms with van der Waals surface area (Å²) in [5.41, 5.74) is -2.08. The predicted octanol–water partition coefficient (Wildman–Crippen LogP) is 1.77. The van der Waals surface area contributed by atoms with Crippen LogP contribution in [-0.2, 0) is 20.9 Å². The molecule has 2 unspecified atom stereocenters. The number of sulfonamides is 1. The van der Waals surface area contributed by atoms with Crippen LogP contribution < -0.4 is 10.0 Å². The predicted molar refractivity (Wildman–Crippen MR) is 83.5 cm³/mol. The van der Waals surface area contributed by atoms with Crippen molar-refractivity contribution in [2.75, 3.05) is 20.2 Å². The number of benzene rings is 1. The van der Waals surface area contributed by atoms with Crippen molar-refractivity contribution >= 4 is 16.0 Å². The summed E-state index contributed by atoms with van der Waals surface area (Å²) in [7, 11) is -3.22. The van der Waals surface area contributed by atoms with Crippen molar-refractivity contribution < 1.29 is 31.1 Å². The zero-order valence-electron chi connectivity index (χ0n) is 13.7. The van der Waals surface area contributed by atoms with Crippen molar-refractivity contribution in [1.82, 2.24) is 10.0 Å². The molecule has 0 saturated carbocycles. The van der Waals surface area contributed by atoms with Crippen LogP contribution in [-0.4, -0.2) is 40.6 Å². The van der Waals surface area contributed by atoms with Crippen LogP contribution in [0.25, 0.3) is 0 Å². The molecule has 1 aromatic rings. The number of alkyl halides is 3. The molecule has 0 aromatic heterocycles. The molecule has 0 amide bonds. The Kier molecular flexibility index (Phi) is 5.75. The molecular formula is C15H19F3N2O4S. The van der Waals surface area contributed by atoms with Gasteiger partial charge in [-0.2, -0.15) is 13.2 Å². The standard InChI is InChI=1S/C15H19F3N2O4S/c1-9-5-6-19-8-13(9)20-25(22,23)10-3-4-11(14(21)24-2)12(7-10)15(16,17)18/h3-4,7,9,13,19-20H,5-6,8H2,1-2H3. The largest absolute Gasteiger partial charge is 0.465 e. The Morgan fingerprint density at radius 1 is 1.36 bits per heavy atom. The SMILES string of the molecule is COC(=O)c1ccc(S(=O)(=O)NC2CNCCC2C)cc1C(F)(F)F. The first-order chi connectivity index (χ1) is 11.6. The molecule has 0 spiro atoms. The average Bonchev–Trinajstić information content (AvgIpc) is 2.54. The van der Waals surface area contributed by atoms with Crippen molar-refractivity contribution in [2.45, 2.75) is 30.5 Å². The van der Waals surface area contributed by atoms with Gasteiger partial charge in [0.25, 0.3) is 0 Å². The summed E-state index contributed by atoms with van der Waals surface area (Å²) in [6, 6.07) is 1.81. The number of hydrogen-bond acceptors (Lipinski definition) is 5. The first-order valence-electron chi connectivity index (χ1n) is 7.59. The number of esters is 1. The molecule has 1 fully saturated rings. The number of hydrogen-bond donors (Lipinski definition) is 2. The Labute approximate surface area is 143 Å². The summed E-state index contributed by atoms with van der Waals surface area (Å²) < 4.78 is 71.3. The highest BCUT2D eigenvalue weighted by Crippen LogP contribution is 2.34. The minimum atomic E-state index is -4.89. The van der Waals surface area contributed by atoms with Gasteiger partial charge in [0.1, 0.15) is 0 Å². The molecule has 25 heavy (non-hydrogen) atoms. The van der Waals surface area contributed by atoms with Gasteiger partial charge in [-0.1, -0.05) is 6.92 Å². The van der Waals surface area contributed by atoms with E-state index in [4.69, 9.17) is 0 Å². The number of methoxy groups -OCH3 is 1. The zero-order chi connectivity index (χ0) is 18.8. The summed E-state index contributed by atoms with van der Waals surface area (Å²) in [6.07, 6.45) is -4.14. The van der Waals surface area contributed by atoms with Crippen molar-refractivity contribution in [3.05, 3.63) is 29.3 Å². The quantitative estimate of drug-likeness (QED) is 0.778. The van der Waals surface area contributed by atoms with Gasteiger partial charge in [-0.15, -0.1) is 0 Å². The molecule has 6 nitrogen and oxygen atoms in total. The molecular weight excluding hydrogens is 361 g/mol. The highest BCUT2D eigenvalue weighted by Gasteiger charge is 2.37. The fourth-order valence-electron chi connectivity index (χ4n) is 2.63. The van der Waals surface area contributed by atoms with E-state index >= 15 is 0 Å². The molecule has 1 aliphatic rings. The van der Waals surface area contributed by atoms with Gasteiger partial charge in [0, 0.05) is 12.6 Å². The van der Waals surface area contributed by atoms with E-state index in [9.17, 15) is 26.4 Å². The van der Waals surface area contributed by atoms with Crippen LogP contribution in [0.4, 0.5) is 13.2 Å². The molecule has 0 aliphatic carbocycles. The second kappa shape index (κ2) is 7.30. The molecule has 1 aliphatic heterocycles. The fraction of sp³-hybridized carbons (Fsp3) is 0.533. The molecule has 2 N–H and O–H groups in total. The number of nitrogens with one attached hydrogen (secondary N) is 2. The third kappa shape index (κ3) is 4.50. The van der Waals surface area contributed by atoms with E-state index in [-0.39, 0.29) is 5.92 Å². The van der Waals surface area contributed by atoms with Crippen LogP contribution in [0.3, 0.4) is 0 Å². The maximum atomic E-state index is 13.2. The maximum Gasteiger partial charge on any atom is 0.417 e. The molecule has 1 saturated heterocycles. The molecule has 1 aromatic carbocycles. The lowest BCUT2D eigenvalue weighted by molar-refractivity contribution is -0.138. The van der Waals surface area contributed by atoms with Gasteiger partial charge >= 0.3 is 12.1 Å². The smallest absolute Gasteiger partial charge is 0.417 e. The zero-order valence-corrected chi connectivity index (χ0v) is 14.5. The van der Waals surface area contributed by atoms with E-state index in [1.54, 1.807) is 0 Å². The first-order valence-corrected chi connectivity index (χ1v) is 9.07. The number of rotatable bonds is 4. The lowest BCUT2D eigenvalue weighted by atomic mass is 9.96. The number of ether oxygens (including phenoxy) is 1. The second-order valence-corrected chi connectivity index (χ2v) is 7.61. The Balaban J connectivity index is 2.39. The molecule has 2 rings (SSSR count). The Hall–Kier alpha value is -1.65. The van der Waals surface area contributed by atoms with Crippen LogP contribution in [0.15, 0.2) is 23.1 Å². The monoisotopic (exact) mass is 380 g/mol. The van der Waals surface area contributed by atoms with Crippen LogP contribution >= 0.6 is 0 Å². The van der Waals surface area contributed by atoms with Crippen LogP contribution in [0, 0.1) is 5.92 Å². The summed E-state index contributed by atoms with van der Waals surface area (Å²) in [6.45, 7) is 3.02. The van der Waals surface area contributed by atoms with Gasteiger partial charge in [0.05, 0.1) is 23.1 Å². The fourth-order valence-corrected chi connectivity index (χ4v) is 4.00. The van der Waals surface area contributed by atoms with Gasteiger partial charge in [-0.3, -0.25) is 0 Å². The minimum Gasteiger partial charge on any atom is -0.465 e. The average molecular weight is 380 g/mol. The highest BCUT2D eigenvalue weighted by molar-refractivity contribution is 7.89. The van der Waals surface area contributed by atoms with Gasteiger partial charge in [-0.25, -0.2) is 17.9 Å². The van der Waals surface area contributed by atoms with Crippen LogP contribution in [0.1, 0.15) is 29.3 Å². The van der Waals surface area contributed by atoms with Gasteiger partial charge in [-0.05, 0) is 37.1 Å². The van der Waals surface area contributed by atoms with Gasteiger partial charge in [0.2, 0.25) is 10.0 Å². The molecule has 0 radical (unpaired) electrons. The van der Waals surface area contributed by atoms with Crippen molar-refractivity contribution in [1.29, 1.82) is 0 Å². The summed E-state index contributed by atoms with van der Waals surface area (Å²) in [5, 5.41) is 3.04. The van der Waals surface area contributed by atoms with E-state index < -0.39 is 44.2 Å².